The van der Waals surface area contributed by atoms with Gasteiger partial charge in [-0.2, -0.15) is 4.31 Å². The SMILES string of the molecule is C[C@H]1CN(S(=O)(=O)c2cccc(C(=O)C3=C4SC=C(c5ccccc5)N4CCCC3)c2)C[C@H](C)O1. The van der Waals surface area contributed by atoms with E-state index in [9.17, 15) is 13.2 Å². The van der Waals surface area contributed by atoms with Crippen LogP contribution in [0.1, 0.15) is 49.0 Å². The minimum absolute atomic E-state index is 0.0946. The normalized spacial score (nSPS) is 23.6. The van der Waals surface area contributed by atoms with Gasteiger partial charge in [-0.15, -0.1) is 0 Å². The Hall–Kier alpha value is -2.39. The summed E-state index contributed by atoms with van der Waals surface area (Å²) in [6, 6.07) is 16.7. The molecule has 0 N–H and O–H groups in total. The number of carbonyl (C=O) groups is 1. The van der Waals surface area contributed by atoms with Crippen LogP contribution in [0.3, 0.4) is 0 Å². The van der Waals surface area contributed by atoms with E-state index in [1.165, 1.54) is 10.4 Å². The highest BCUT2D eigenvalue weighted by Crippen LogP contribution is 2.44. The number of hydrogen-bond donors (Lipinski definition) is 0. The molecule has 184 valence electrons. The highest BCUT2D eigenvalue weighted by molar-refractivity contribution is 8.06. The van der Waals surface area contributed by atoms with Gasteiger partial charge in [0.15, 0.2) is 5.78 Å². The highest BCUT2D eigenvalue weighted by Gasteiger charge is 2.34. The molecular formula is C27H30N2O4S2. The van der Waals surface area contributed by atoms with Crippen molar-refractivity contribution in [3.8, 4) is 0 Å². The van der Waals surface area contributed by atoms with E-state index in [0.717, 1.165) is 41.2 Å². The summed E-state index contributed by atoms with van der Waals surface area (Å²) in [5.41, 5.74) is 3.42. The van der Waals surface area contributed by atoms with Crippen molar-refractivity contribution in [2.45, 2.75) is 50.2 Å². The molecule has 3 heterocycles. The van der Waals surface area contributed by atoms with Crippen molar-refractivity contribution in [3.05, 3.63) is 81.7 Å². The van der Waals surface area contributed by atoms with Gasteiger partial charge in [0.2, 0.25) is 10.0 Å². The van der Waals surface area contributed by atoms with Gasteiger partial charge in [-0.05, 0) is 50.8 Å². The molecule has 1 saturated heterocycles. The maximum atomic E-state index is 13.7. The quantitative estimate of drug-likeness (QED) is 0.521. The molecule has 1 fully saturated rings. The van der Waals surface area contributed by atoms with Crippen molar-refractivity contribution in [1.29, 1.82) is 0 Å². The fraction of sp³-hybridized carbons (Fsp3) is 0.370. The van der Waals surface area contributed by atoms with Crippen LogP contribution in [0.25, 0.3) is 5.70 Å². The molecule has 2 atom stereocenters. The maximum Gasteiger partial charge on any atom is 0.243 e. The Morgan fingerprint density at radius 2 is 1.74 bits per heavy atom. The number of thioether (sulfide) groups is 1. The molecule has 3 aliphatic rings. The number of allylic oxidation sites excluding steroid dienone is 1. The number of morpholine rings is 1. The molecule has 0 amide bonds. The topological polar surface area (TPSA) is 66.9 Å². The molecule has 35 heavy (non-hydrogen) atoms. The van der Waals surface area contributed by atoms with E-state index in [1.54, 1.807) is 30.0 Å². The lowest BCUT2D eigenvalue weighted by atomic mass is 10.00. The molecular weight excluding hydrogens is 480 g/mol. The number of ether oxygens (including phenoxy) is 1. The largest absolute Gasteiger partial charge is 0.373 e. The molecule has 2 aromatic rings. The van der Waals surface area contributed by atoms with Crippen molar-refractivity contribution < 1.29 is 17.9 Å². The monoisotopic (exact) mass is 510 g/mol. The lowest BCUT2D eigenvalue weighted by Crippen LogP contribution is -2.48. The Bertz CT molecular complexity index is 1280. The Kier molecular flexibility index (Phi) is 6.90. The first-order valence-corrected chi connectivity index (χ1v) is 14.4. The van der Waals surface area contributed by atoms with Crippen LogP contribution in [0, 0.1) is 0 Å². The molecule has 0 bridgehead atoms. The zero-order valence-electron chi connectivity index (χ0n) is 20.0. The Labute approximate surface area is 211 Å². The third-order valence-electron chi connectivity index (χ3n) is 6.60. The zero-order valence-corrected chi connectivity index (χ0v) is 21.6. The molecule has 0 radical (unpaired) electrons. The van der Waals surface area contributed by atoms with E-state index in [2.05, 4.69) is 22.4 Å². The van der Waals surface area contributed by atoms with Crippen LogP contribution in [0.15, 0.2) is 75.5 Å². The third-order valence-corrected chi connectivity index (χ3v) is 9.46. The number of nitrogens with zero attached hydrogens (tertiary/aromatic N) is 2. The van der Waals surface area contributed by atoms with E-state index in [4.69, 9.17) is 4.74 Å². The maximum absolute atomic E-state index is 13.7. The fourth-order valence-electron chi connectivity index (χ4n) is 4.97. The van der Waals surface area contributed by atoms with Crippen molar-refractivity contribution in [3.63, 3.8) is 0 Å². The summed E-state index contributed by atoms with van der Waals surface area (Å²) in [5.74, 6) is -0.0946. The molecule has 0 unspecified atom stereocenters. The van der Waals surface area contributed by atoms with Crippen molar-refractivity contribution in [2.75, 3.05) is 19.6 Å². The molecule has 0 aliphatic carbocycles. The van der Waals surface area contributed by atoms with Gasteiger partial charge in [-0.3, -0.25) is 4.79 Å². The molecule has 0 spiro atoms. The first-order chi connectivity index (χ1) is 16.8. The van der Waals surface area contributed by atoms with Crippen LogP contribution in [0.4, 0.5) is 0 Å². The Morgan fingerprint density at radius 3 is 2.49 bits per heavy atom. The van der Waals surface area contributed by atoms with Crippen LogP contribution < -0.4 is 0 Å². The predicted octanol–water partition coefficient (Wildman–Crippen LogP) is 5.11. The Morgan fingerprint density at radius 1 is 1.00 bits per heavy atom. The highest BCUT2D eigenvalue weighted by atomic mass is 32.2. The predicted molar refractivity (Wildman–Crippen MR) is 139 cm³/mol. The van der Waals surface area contributed by atoms with Crippen LogP contribution in [-0.4, -0.2) is 55.2 Å². The van der Waals surface area contributed by atoms with E-state index in [1.807, 2.05) is 32.0 Å². The number of hydrogen-bond acceptors (Lipinski definition) is 6. The van der Waals surface area contributed by atoms with Crippen LogP contribution in [0.2, 0.25) is 0 Å². The third kappa shape index (κ3) is 4.85. The standard InChI is InChI=1S/C27H30N2O4S2/c1-19-16-28(17-20(2)33-19)35(31,32)23-12-8-11-22(15-23)26(30)24-13-6-7-14-29-25(18-34-27(24)29)21-9-4-3-5-10-21/h3-5,8-12,15,18-20H,6-7,13-14,16-17H2,1-2H3/t19-,20-/m0/s1. The lowest BCUT2D eigenvalue weighted by molar-refractivity contribution is -0.0440. The van der Waals surface area contributed by atoms with Crippen molar-refractivity contribution in [1.82, 2.24) is 9.21 Å². The van der Waals surface area contributed by atoms with Gasteiger partial charge in [-0.25, -0.2) is 8.42 Å². The van der Waals surface area contributed by atoms with E-state index in [0.29, 0.717) is 25.1 Å². The van der Waals surface area contributed by atoms with Gasteiger partial charge in [0.25, 0.3) is 0 Å². The average Bonchev–Trinajstić information content (AvgIpc) is 3.16. The second kappa shape index (κ2) is 9.93. The summed E-state index contributed by atoms with van der Waals surface area (Å²) in [6.45, 7) is 5.22. The number of fused-ring (bicyclic) bond motifs is 1. The van der Waals surface area contributed by atoms with E-state index < -0.39 is 10.0 Å². The summed E-state index contributed by atoms with van der Waals surface area (Å²) >= 11 is 1.59. The van der Waals surface area contributed by atoms with Gasteiger partial charge in [0.05, 0.1) is 27.8 Å². The summed E-state index contributed by atoms with van der Waals surface area (Å²) in [7, 11) is -3.72. The smallest absolute Gasteiger partial charge is 0.243 e. The molecule has 2 aromatic carbocycles. The minimum atomic E-state index is -3.72. The molecule has 5 rings (SSSR count). The Balaban J connectivity index is 1.45. The molecule has 6 nitrogen and oxygen atoms in total. The molecule has 8 heteroatoms. The summed E-state index contributed by atoms with van der Waals surface area (Å²) in [5, 5.41) is 3.08. The number of benzene rings is 2. The first kappa shape index (κ1) is 24.3. The van der Waals surface area contributed by atoms with Crippen molar-refractivity contribution in [2.24, 2.45) is 0 Å². The molecule has 0 saturated carbocycles. The second-order valence-corrected chi connectivity index (χ2v) is 12.1. The molecule has 3 aliphatic heterocycles. The molecule has 0 aromatic heterocycles. The number of ketones is 1. The van der Waals surface area contributed by atoms with Gasteiger partial charge in [-0.1, -0.05) is 54.2 Å². The van der Waals surface area contributed by atoms with Gasteiger partial charge in [0, 0.05) is 36.2 Å². The summed E-state index contributed by atoms with van der Waals surface area (Å²) in [6.07, 6.45) is 2.25. The van der Waals surface area contributed by atoms with Gasteiger partial charge < -0.3 is 9.64 Å². The van der Waals surface area contributed by atoms with E-state index in [-0.39, 0.29) is 22.9 Å². The summed E-state index contributed by atoms with van der Waals surface area (Å²) in [4.78, 5) is 16.2. The fourth-order valence-corrected chi connectivity index (χ4v) is 7.75. The van der Waals surface area contributed by atoms with Crippen LogP contribution in [-0.2, 0) is 14.8 Å². The minimum Gasteiger partial charge on any atom is -0.373 e. The van der Waals surface area contributed by atoms with Crippen molar-refractivity contribution >= 4 is 33.3 Å². The first-order valence-electron chi connectivity index (χ1n) is 12.1. The van der Waals surface area contributed by atoms with Gasteiger partial charge >= 0.3 is 0 Å². The van der Waals surface area contributed by atoms with Crippen LogP contribution >= 0.6 is 11.8 Å². The number of Topliss-reactive ketones (excluding diaryl/α,β-unsaturated/α-hetero) is 1. The number of rotatable bonds is 5. The van der Waals surface area contributed by atoms with Crippen LogP contribution in [0.5, 0.6) is 0 Å². The second-order valence-electron chi connectivity index (χ2n) is 9.32. The summed E-state index contributed by atoms with van der Waals surface area (Å²) < 4.78 is 34.0. The zero-order chi connectivity index (χ0) is 24.6. The number of sulfonamides is 1. The van der Waals surface area contributed by atoms with Gasteiger partial charge in [0.1, 0.15) is 0 Å². The average molecular weight is 511 g/mol. The lowest BCUT2D eigenvalue weighted by Gasteiger charge is -2.34. The number of carbonyl (C=O) groups excluding carboxylic acids is 1. The van der Waals surface area contributed by atoms with E-state index >= 15 is 0 Å².